The highest BCUT2D eigenvalue weighted by molar-refractivity contribution is 5.97. The molecule has 1 amide bonds. The van der Waals surface area contributed by atoms with E-state index in [-0.39, 0.29) is 29.5 Å². The van der Waals surface area contributed by atoms with Crippen molar-refractivity contribution in [3.8, 4) is 5.75 Å². The number of nitrogens with zero attached hydrogens (tertiary/aromatic N) is 1. The summed E-state index contributed by atoms with van der Waals surface area (Å²) in [6.45, 7) is 1.44. The first-order chi connectivity index (χ1) is 12.8. The maximum Gasteiger partial charge on any atom is 0.257 e. The van der Waals surface area contributed by atoms with Gasteiger partial charge in [-0.2, -0.15) is 0 Å². The molecule has 0 fully saturated rings. The number of fused-ring (bicyclic) bond motifs is 1. The van der Waals surface area contributed by atoms with Crippen molar-refractivity contribution in [2.75, 3.05) is 0 Å². The van der Waals surface area contributed by atoms with Crippen LogP contribution in [0.15, 0.2) is 23.0 Å². The Balaban J connectivity index is 2.01. The van der Waals surface area contributed by atoms with Gasteiger partial charge in [-0.05, 0) is 19.4 Å². The molecule has 0 unspecified atom stereocenters. The minimum atomic E-state index is -1.02. The first-order valence-corrected chi connectivity index (χ1v) is 8.20. The summed E-state index contributed by atoms with van der Waals surface area (Å²) in [6.07, 6.45) is 0.709. The van der Waals surface area contributed by atoms with E-state index < -0.39 is 40.3 Å². The van der Waals surface area contributed by atoms with Crippen molar-refractivity contribution >= 4 is 12.2 Å². The van der Waals surface area contributed by atoms with Crippen LogP contribution in [0.5, 0.6) is 5.75 Å². The Morgan fingerprint density at radius 3 is 2.78 bits per heavy atom. The third kappa shape index (κ3) is 3.10. The fraction of sp³-hybridized carbons (Fsp3) is 0.278. The number of carbonyl (C=O) groups excluding carboxylic acids is 2. The normalized spacial score (nSPS) is 18.2. The van der Waals surface area contributed by atoms with Gasteiger partial charge in [0, 0.05) is 30.3 Å². The summed E-state index contributed by atoms with van der Waals surface area (Å²) in [5.41, 5.74) is 4.54. The second kappa shape index (κ2) is 6.92. The molecule has 0 bridgehead atoms. The Labute approximate surface area is 152 Å². The first-order valence-electron chi connectivity index (χ1n) is 8.20. The number of hydrogen-bond donors (Lipinski definition) is 3. The van der Waals surface area contributed by atoms with Gasteiger partial charge in [0.15, 0.2) is 12.0 Å². The highest BCUT2D eigenvalue weighted by Gasteiger charge is 2.35. The molecule has 2 heterocycles. The number of halogens is 2. The Bertz CT molecular complexity index is 1000. The quantitative estimate of drug-likeness (QED) is 0.700. The summed E-state index contributed by atoms with van der Waals surface area (Å²) in [6, 6.07) is 1.90. The fourth-order valence-corrected chi connectivity index (χ4v) is 3.40. The minimum absolute atomic E-state index is 0.0212. The maximum absolute atomic E-state index is 13.7. The molecule has 1 aromatic heterocycles. The molecular weight excluding hydrogens is 360 g/mol. The van der Waals surface area contributed by atoms with Crippen molar-refractivity contribution in [3.05, 3.63) is 62.6 Å². The molecule has 0 saturated carbocycles. The average Bonchev–Trinajstić information content (AvgIpc) is 2.89. The summed E-state index contributed by atoms with van der Waals surface area (Å²) in [7, 11) is 0. The van der Waals surface area contributed by atoms with E-state index in [2.05, 4.69) is 5.32 Å². The summed E-state index contributed by atoms with van der Waals surface area (Å²) in [4.78, 5) is 36.4. The molecule has 7 nitrogen and oxygen atoms in total. The number of aromatic hydroxyl groups is 1. The zero-order valence-corrected chi connectivity index (χ0v) is 14.3. The van der Waals surface area contributed by atoms with Crippen molar-refractivity contribution in [1.82, 2.24) is 9.88 Å². The number of amides is 1. The van der Waals surface area contributed by atoms with Crippen LogP contribution >= 0.6 is 0 Å². The van der Waals surface area contributed by atoms with Crippen LogP contribution in [-0.4, -0.2) is 21.9 Å². The van der Waals surface area contributed by atoms with Gasteiger partial charge in [-0.3, -0.25) is 14.4 Å². The van der Waals surface area contributed by atoms with Crippen LogP contribution in [0.3, 0.4) is 0 Å². The summed E-state index contributed by atoms with van der Waals surface area (Å²) in [5, 5.41) is 12.4. The largest absolute Gasteiger partial charge is 0.503 e. The summed E-state index contributed by atoms with van der Waals surface area (Å²) in [5.74, 6) is -3.31. The molecule has 2 aromatic rings. The highest BCUT2D eigenvalue weighted by atomic mass is 19.1. The number of carbonyl (C=O) groups is 2. The van der Waals surface area contributed by atoms with Crippen LogP contribution < -0.4 is 16.5 Å². The monoisotopic (exact) mass is 377 g/mol. The predicted octanol–water partition coefficient (Wildman–Crippen LogP) is 1.54. The lowest BCUT2D eigenvalue weighted by Crippen LogP contribution is -2.33. The molecule has 0 saturated heterocycles. The Kier molecular flexibility index (Phi) is 4.79. The zero-order chi connectivity index (χ0) is 19.9. The van der Waals surface area contributed by atoms with Crippen LogP contribution in [0.25, 0.3) is 0 Å². The molecule has 4 N–H and O–H groups in total. The summed E-state index contributed by atoms with van der Waals surface area (Å²) < 4.78 is 28.1. The van der Waals surface area contributed by atoms with Gasteiger partial charge in [0.1, 0.15) is 22.9 Å². The van der Waals surface area contributed by atoms with Crippen molar-refractivity contribution < 1.29 is 23.5 Å². The van der Waals surface area contributed by atoms with Crippen molar-refractivity contribution in [2.45, 2.75) is 32.0 Å². The lowest BCUT2D eigenvalue weighted by atomic mass is 10.0. The van der Waals surface area contributed by atoms with Crippen LogP contribution in [0.4, 0.5) is 8.78 Å². The number of aldehydes is 1. The van der Waals surface area contributed by atoms with Gasteiger partial charge in [0.25, 0.3) is 5.91 Å². The van der Waals surface area contributed by atoms with E-state index >= 15 is 0 Å². The maximum atomic E-state index is 13.7. The van der Waals surface area contributed by atoms with E-state index in [1.807, 2.05) is 0 Å². The second-order valence-electron chi connectivity index (χ2n) is 6.42. The molecule has 2 atom stereocenters. The second-order valence-corrected chi connectivity index (χ2v) is 6.42. The molecule has 9 heteroatoms. The van der Waals surface area contributed by atoms with Gasteiger partial charge < -0.3 is 20.7 Å². The van der Waals surface area contributed by atoms with E-state index in [0.29, 0.717) is 18.8 Å². The average molecular weight is 377 g/mol. The molecular formula is C18H17F2N3O4. The smallest absolute Gasteiger partial charge is 0.257 e. The van der Waals surface area contributed by atoms with Gasteiger partial charge in [-0.1, -0.05) is 6.07 Å². The Hall–Kier alpha value is -3.07. The molecule has 1 aliphatic heterocycles. The Morgan fingerprint density at radius 1 is 1.44 bits per heavy atom. The number of aromatic nitrogens is 1. The number of pyridine rings is 1. The topological polar surface area (TPSA) is 114 Å². The number of rotatable bonds is 4. The van der Waals surface area contributed by atoms with Crippen LogP contribution in [0.2, 0.25) is 0 Å². The van der Waals surface area contributed by atoms with E-state index in [4.69, 9.17) is 5.73 Å². The molecule has 1 aromatic carbocycles. The Morgan fingerprint density at radius 2 is 2.15 bits per heavy atom. The summed E-state index contributed by atoms with van der Waals surface area (Å²) >= 11 is 0. The van der Waals surface area contributed by atoms with E-state index in [9.17, 15) is 28.3 Å². The number of hydrogen-bond acceptors (Lipinski definition) is 5. The highest BCUT2D eigenvalue weighted by Crippen LogP contribution is 2.36. The lowest BCUT2D eigenvalue weighted by Gasteiger charge is -2.18. The number of nitrogens with two attached hydrogens (primary N) is 1. The van der Waals surface area contributed by atoms with Crippen molar-refractivity contribution in [2.24, 2.45) is 5.73 Å². The van der Waals surface area contributed by atoms with E-state index in [1.54, 1.807) is 6.92 Å². The number of benzene rings is 1. The van der Waals surface area contributed by atoms with Gasteiger partial charge in [0.2, 0.25) is 5.43 Å². The lowest BCUT2D eigenvalue weighted by molar-refractivity contribution is 0.0945. The first kappa shape index (κ1) is 18.7. The third-order valence-electron chi connectivity index (χ3n) is 4.64. The number of nitrogens with one attached hydrogen (secondary N) is 1. The van der Waals surface area contributed by atoms with Crippen LogP contribution in [0, 0.1) is 11.6 Å². The predicted molar refractivity (Wildman–Crippen MR) is 91.5 cm³/mol. The standard InChI is InChI=1S/C18H17F2N3O4/c1-8-4-12(21)15-14(17(26)16(25)13(7-24)23(8)15)18(27)22-6-9-2-3-10(19)5-11(9)20/h2-3,5,7-8,12,25H,4,6,21H2,1H3,(H,22,27)/t8-,12-/m0/s1. The van der Waals surface area contributed by atoms with Crippen LogP contribution in [0.1, 0.15) is 57.5 Å². The molecule has 3 rings (SSSR count). The van der Waals surface area contributed by atoms with Crippen molar-refractivity contribution in [3.63, 3.8) is 0 Å². The van der Waals surface area contributed by atoms with Gasteiger partial charge >= 0.3 is 0 Å². The minimum Gasteiger partial charge on any atom is -0.503 e. The van der Waals surface area contributed by atoms with Crippen LogP contribution in [-0.2, 0) is 6.54 Å². The molecule has 0 radical (unpaired) electrons. The zero-order valence-electron chi connectivity index (χ0n) is 14.3. The molecule has 142 valence electrons. The molecule has 0 spiro atoms. The van der Waals surface area contributed by atoms with Gasteiger partial charge in [-0.25, -0.2) is 8.78 Å². The molecule has 27 heavy (non-hydrogen) atoms. The van der Waals surface area contributed by atoms with E-state index in [1.165, 1.54) is 10.6 Å². The third-order valence-corrected chi connectivity index (χ3v) is 4.64. The molecule has 0 aliphatic carbocycles. The molecule has 1 aliphatic rings. The fourth-order valence-electron chi connectivity index (χ4n) is 3.40. The van der Waals surface area contributed by atoms with Gasteiger partial charge in [-0.15, -0.1) is 0 Å². The SMILES string of the molecule is C[C@H]1C[C@H](N)c2c(C(=O)NCc3ccc(F)cc3F)c(=O)c(O)c(C=O)n21. The van der Waals surface area contributed by atoms with Gasteiger partial charge in [0.05, 0.1) is 5.69 Å². The van der Waals surface area contributed by atoms with Crippen molar-refractivity contribution in [1.29, 1.82) is 0 Å². The van der Waals surface area contributed by atoms with E-state index in [0.717, 1.165) is 6.07 Å².